The molecule has 1 aliphatic rings. The number of hydrogen-bond donors (Lipinski definition) is 1. The van der Waals surface area contributed by atoms with Crippen molar-refractivity contribution < 1.29 is 5.11 Å². The predicted molar refractivity (Wildman–Crippen MR) is 72.5 cm³/mol. The van der Waals surface area contributed by atoms with Crippen LogP contribution in [0, 0.1) is 0 Å². The van der Waals surface area contributed by atoms with Crippen LogP contribution in [0.2, 0.25) is 0 Å². The zero-order valence-corrected chi connectivity index (χ0v) is 10.2. The number of rotatable bonds is 1. The lowest BCUT2D eigenvalue weighted by molar-refractivity contribution is 0.0404. The van der Waals surface area contributed by atoms with Crippen LogP contribution in [0.25, 0.3) is 11.1 Å². The molecule has 0 saturated heterocycles. The number of fused-ring (bicyclic) bond motifs is 3. The van der Waals surface area contributed by atoms with Gasteiger partial charge in [0.2, 0.25) is 5.72 Å². The first kappa shape index (κ1) is 10.5. The molecule has 92 valence electrons. The van der Waals surface area contributed by atoms with Crippen LogP contribution >= 0.6 is 0 Å². The average Bonchev–Trinajstić information content (AvgIpc) is 3.08. The Morgan fingerprint density at radius 3 is 1.95 bits per heavy atom. The van der Waals surface area contributed by atoms with Crippen molar-refractivity contribution in [1.29, 1.82) is 0 Å². The van der Waals surface area contributed by atoms with Crippen molar-refractivity contribution in [2.24, 2.45) is 0 Å². The molecule has 3 aromatic rings. The summed E-state index contributed by atoms with van der Waals surface area (Å²) in [6.07, 6.45) is 3.47. The highest BCUT2D eigenvalue weighted by molar-refractivity contribution is 5.79. The van der Waals surface area contributed by atoms with Gasteiger partial charge in [-0.3, -0.25) is 0 Å². The van der Waals surface area contributed by atoms with E-state index in [0.29, 0.717) is 0 Å². The van der Waals surface area contributed by atoms with Gasteiger partial charge in [-0.25, -0.2) is 4.68 Å². The minimum atomic E-state index is -1.21. The first-order valence-electron chi connectivity index (χ1n) is 6.23. The SMILES string of the molecule is OC1(n2cccn2)c2ccccc2-c2ccccc21. The van der Waals surface area contributed by atoms with E-state index in [0.717, 1.165) is 22.3 Å². The molecule has 0 bridgehead atoms. The summed E-state index contributed by atoms with van der Waals surface area (Å²) < 4.78 is 1.61. The van der Waals surface area contributed by atoms with Gasteiger partial charge in [0, 0.05) is 23.5 Å². The molecule has 19 heavy (non-hydrogen) atoms. The van der Waals surface area contributed by atoms with Gasteiger partial charge in [0.1, 0.15) is 0 Å². The zero-order chi connectivity index (χ0) is 12.9. The molecular weight excluding hydrogens is 236 g/mol. The molecule has 1 aliphatic carbocycles. The second kappa shape index (κ2) is 3.56. The summed E-state index contributed by atoms with van der Waals surface area (Å²) in [5.41, 5.74) is 2.67. The van der Waals surface area contributed by atoms with Crippen LogP contribution in [0.1, 0.15) is 11.1 Å². The molecule has 0 radical (unpaired) electrons. The smallest absolute Gasteiger partial charge is 0.211 e. The molecule has 0 saturated carbocycles. The fourth-order valence-corrected chi connectivity index (χ4v) is 2.90. The molecule has 3 heteroatoms. The summed E-state index contributed by atoms with van der Waals surface area (Å²) in [5.74, 6) is 0. The van der Waals surface area contributed by atoms with Crippen molar-refractivity contribution >= 4 is 0 Å². The molecule has 2 aromatic carbocycles. The van der Waals surface area contributed by atoms with Gasteiger partial charge in [-0.05, 0) is 17.2 Å². The van der Waals surface area contributed by atoms with Crippen molar-refractivity contribution in [1.82, 2.24) is 9.78 Å². The van der Waals surface area contributed by atoms with E-state index in [2.05, 4.69) is 5.10 Å². The molecule has 0 aliphatic heterocycles. The molecule has 0 amide bonds. The molecule has 0 unspecified atom stereocenters. The maximum Gasteiger partial charge on any atom is 0.211 e. The summed E-state index contributed by atoms with van der Waals surface area (Å²) in [5, 5.41) is 15.5. The normalized spacial score (nSPS) is 15.0. The predicted octanol–water partition coefficient (Wildman–Crippen LogP) is 2.61. The quantitative estimate of drug-likeness (QED) is 0.719. The zero-order valence-electron chi connectivity index (χ0n) is 10.2. The third-order valence-electron chi connectivity index (χ3n) is 3.73. The molecule has 0 spiro atoms. The first-order valence-corrected chi connectivity index (χ1v) is 6.23. The monoisotopic (exact) mass is 248 g/mol. The fourth-order valence-electron chi connectivity index (χ4n) is 2.90. The summed E-state index contributed by atoms with van der Waals surface area (Å²) in [6, 6.07) is 17.7. The standard InChI is InChI=1S/C16H12N2O/c19-16(18-11-5-10-17-18)14-8-3-1-6-12(14)13-7-2-4-9-15(13)16/h1-11,19H. The fraction of sp³-hybridized carbons (Fsp3) is 0.0625. The molecule has 1 N–H and O–H groups in total. The minimum Gasteiger partial charge on any atom is -0.362 e. The lowest BCUT2D eigenvalue weighted by Crippen LogP contribution is -2.34. The highest BCUT2D eigenvalue weighted by Crippen LogP contribution is 2.47. The van der Waals surface area contributed by atoms with E-state index in [4.69, 9.17) is 0 Å². The molecule has 3 nitrogen and oxygen atoms in total. The van der Waals surface area contributed by atoms with E-state index >= 15 is 0 Å². The van der Waals surface area contributed by atoms with Crippen molar-refractivity contribution in [2.45, 2.75) is 5.72 Å². The van der Waals surface area contributed by atoms with Gasteiger partial charge < -0.3 is 5.11 Å². The van der Waals surface area contributed by atoms with Crippen molar-refractivity contribution in [2.75, 3.05) is 0 Å². The van der Waals surface area contributed by atoms with Crippen LogP contribution in [0.4, 0.5) is 0 Å². The van der Waals surface area contributed by atoms with E-state index in [1.54, 1.807) is 17.1 Å². The van der Waals surface area contributed by atoms with Gasteiger partial charge in [0.25, 0.3) is 0 Å². The van der Waals surface area contributed by atoms with Gasteiger partial charge in [0.15, 0.2) is 0 Å². The highest BCUT2D eigenvalue weighted by atomic mass is 16.3. The summed E-state index contributed by atoms with van der Waals surface area (Å²) in [6.45, 7) is 0. The van der Waals surface area contributed by atoms with E-state index in [1.165, 1.54) is 0 Å². The van der Waals surface area contributed by atoms with Gasteiger partial charge in [-0.2, -0.15) is 5.10 Å². The Morgan fingerprint density at radius 2 is 1.42 bits per heavy atom. The van der Waals surface area contributed by atoms with E-state index in [9.17, 15) is 5.11 Å². The van der Waals surface area contributed by atoms with Gasteiger partial charge in [0.05, 0.1) is 0 Å². The Labute approximate surface area is 110 Å². The molecule has 0 atom stereocenters. The minimum absolute atomic E-state index is 0.875. The molecular formula is C16H12N2O. The molecule has 4 rings (SSSR count). The van der Waals surface area contributed by atoms with Crippen LogP contribution in [0.15, 0.2) is 67.0 Å². The van der Waals surface area contributed by atoms with Gasteiger partial charge in [-0.1, -0.05) is 48.5 Å². The van der Waals surface area contributed by atoms with Gasteiger partial charge >= 0.3 is 0 Å². The van der Waals surface area contributed by atoms with E-state index in [-0.39, 0.29) is 0 Å². The average molecular weight is 248 g/mol. The third kappa shape index (κ3) is 1.22. The maximum atomic E-state index is 11.3. The van der Waals surface area contributed by atoms with Crippen molar-refractivity contribution in [3.05, 3.63) is 78.1 Å². The molecule has 0 fully saturated rings. The number of hydrogen-bond acceptors (Lipinski definition) is 2. The van der Waals surface area contributed by atoms with Gasteiger partial charge in [-0.15, -0.1) is 0 Å². The Hall–Kier alpha value is -2.39. The largest absolute Gasteiger partial charge is 0.362 e. The summed E-state index contributed by atoms with van der Waals surface area (Å²) >= 11 is 0. The van der Waals surface area contributed by atoms with E-state index < -0.39 is 5.72 Å². The second-order valence-corrected chi connectivity index (χ2v) is 4.71. The topological polar surface area (TPSA) is 38.0 Å². The number of benzene rings is 2. The maximum absolute atomic E-state index is 11.3. The Bertz CT molecular complexity index is 701. The van der Waals surface area contributed by atoms with Crippen LogP contribution in [-0.4, -0.2) is 14.9 Å². The lowest BCUT2D eigenvalue weighted by Gasteiger charge is -2.26. The summed E-state index contributed by atoms with van der Waals surface area (Å²) in [7, 11) is 0. The number of aromatic nitrogens is 2. The molecule has 1 aromatic heterocycles. The van der Waals surface area contributed by atoms with Crippen LogP contribution in [-0.2, 0) is 5.72 Å². The van der Waals surface area contributed by atoms with Crippen molar-refractivity contribution in [3.8, 4) is 11.1 Å². The Balaban J connectivity index is 2.12. The number of nitrogens with zero attached hydrogens (tertiary/aromatic N) is 2. The van der Waals surface area contributed by atoms with Crippen LogP contribution < -0.4 is 0 Å². The first-order chi connectivity index (χ1) is 9.32. The Kier molecular flexibility index (Phi) is 1.97. The summed E-state index contributed by atoms with van der Waals surface area (Å²) in [4.78, 5) is 0. The van der Waals surface area contributed by atoms with E-state index in [1.807, 2.05) is 54.6 Å². The van der Waals surface area contributed by atoms with Crippen LogP contribution in [0.5, 0.6) is 0 Å². The lowest BCUT2D eigenvalue weighted by atomic mass is 10.0. The third-order valence-corrected chi connectivity index (χ3v) is 3.73. The Morgan fingerprint density at radius 1 is 0.842 bits per heavy atom. The highest BCUT2D eigenvalue weighted by Gasteiger charge is 2.43. The van der Waals surface area contributed by atoms with Crippen molar-refractivity contribution in [3.63, 3.8) is 0 Å². The second-order valence-electron chi connectivity index (χ2n) is 4.71. The molecule has 1 heterocycles. The number of aliphatic hydroxyl groups is 1. The van der Waals surface area contributed by atoms with Crippen LogP contribution in [0.3, 0.4) is 0 Å².